The minimum Gasteiger partial charge on any atom is -0.311 e. The zero-order valence-corrected chi connectivity index (χ0v) is 18.0. The highest BCUT2D eigenvalue weighted by molar-refractivity contribution is 8.13. The van der Waals surface area contributed by atoms with E-state index in [1.807, 2.05) is 17.7 Å². The zero-order chi connectivity index (χ0) is 20.9. The molecule has 1 atom stereocenters. The topological polar surface area (TPSA) is 86.7 Å². The Kier molecular flexibility index (Phi) is 5.09. The van der Waals surface area contributed by atoms with Gasteiger partial charge in [0.25, 0.3) is 17.8 Å². The molecule has 0 N–H and O–H groups in total. The summed E-state index contributed by atoms with van der Waals surface area (Å²) >= 11 is 13.5. The number of imide groups is 1. The summed E-state index contributed by atoms with van der Waals surface area (Å²) in [6.45, 7) is 0.344. The highest BCUT2D eigenvalue weighted by atomic mass is 35.5. The molecule has 0 radical (unpaired) electrons. The van der Waals surface area contributed by atoms with Crippen LogP contribution >= 0.6 is 35.0 Å². The van der Waals surface area contributed by atoms with Gasteiger partial charge in [0.15, 0.2) is 0 Å². The summed E-state index contributed by atoms with van der Waals surface area (Å²) in [5, 5.41) is 9.97. The van der Waals surface area contributed by atoms with Crippen LogP contribution in [0.25, 0.3) is 0 Å². The molecule has 3 amide bonds. The number of aromatic nitrogens is 3. The average Bonchev–Trinajstić information content (AvgIpc) is 3.25. The summed E-state index contributed by atoms with van der Waals surface area (Å²) in [7, 11) is 4.88. The first kappa shape index (κ1) is 19.9. The molecule has 9 nitrogen and oxygen atoms in total. The van der Waals surface area contributed by atoms with E-state index in [0.29, 0.717) is 32.7 Å². The molecule has 12 heteroatoms. The van der Waals surface area contributed by atoms with Gasteiger partial charge in [-0.3, -0.25) is 14.6 Å². The number of thioether (sulfide) groups is 1. The Bertz CT molecular complexity index is 1100. The van der Waals surface area contributed by atoms with E-state index in [1.54, 1.807) is 30.1 Å². The van der Waals surface area contributed by atoms with Gasteiger partial charge in [-0.2, -0.15) is 0 Å². The van der Waals surface area contributed by atoms with Crippen molar-refractivity contribution in [1.29, 1.82) is 0 Å². The fourth-order valence-electron chi connectivity index (χ4n) is 3.10. The molecule has 3 heterocycles. The van der Waals surface area contributed by atoms with Gasteiger partial charge in [-0.05, 0) is 22.7 Å². The Morgan fingerprint density at radius 1 is 1.14 bits per heavy atom. The van der Waals surface area contributed by atoms with Crippen molar-refractivity contribution in [1.82, 2.24) is 24.6 Å². The number of nitrogens with zero attached hydrogens (tertiary/aromatic N) is 7. The number of amides is 3. The van der Waals surface area contributed by atoms with Crippen molar-refractivity contribution < 1.29 is 14.2 Å². The van der Waals surface area contributed by atoms with Crippen LogP contribution in [0.3, 0.4) is 0 Å². The minimum absolute atomic E-state index is 0.344. The van der Waals surface area contributed by atoms with Crippen LogP contribution < -0.4 is 0 Å². The van der Waals surface area contributed by atoms with Crippen LogP contribution in [0.15, 0.2) is 34.7 Å². The van der Waals surface area contributed by atoms with Crippen LogP contribution in [0.1, 0.15) is 5.56 Å². The Morgan fingerprint density at radius 2 is 1.90 bits per heavy atom. The maximum Gasteiger partial charge on any atom is 0.366 e. The van der Waals surface area contributed by atoms with Gasteiger partial charge in [-0.1, -0.05) is 29.3 Å². The second kappa shape index (κ2) is 7.43. The molecule has 2 aromatic rings. The number of aliphatic imine (C=N–C) groups is 1. The number of benzene rings is 1. The van der Waals surface area contributed by atoms with Crippen molar-refractivity contribution in [2.45, 2.75) is 17.7 Å². The van der Waals surface area contributed by atoms with E-state index in [2.05, 4.69) is 15.2 Å². The van der Waals surface area contributed by atoms with Gasteiger partial charge in [-0.25, -0.2) is 9.37 Å². The van der Waals surface area contributed by atoms with Gasteiger partial charge in [0.2, 0.25) is 5.16 Å². The van der Waals surface area contributed by atoms with Crippen LogP contribution in [0.5, 0.6) is 0 Å². The number of aryl methyl sites for hydroxylation is 1. The second-order valence-corrected chi connectivity index (χ2v) is 8.35. The van der Waals surface area contributed by atoms with Gasteiger partial charge in [0, 0.05) is 32.9 Å². The van der Waals surface area contributed by atoms with Crippen molar-refractivity contribution in [3.8, 4) is 0 Å². The number of hydrogen-bond acceptors (Lipinski definition) is 6. The third kappa shape index (κ3) is 3.41. The van der Waals surface area contributed by atoms with Crippen LogP contribution in [-0.4, -0.2) is 72.2 Å². The maximum atomic E-state index is 13.0. The molecule has 2 aliphatic rings. The molecule has 2 aliphatic heterocycles. The monoisotopic (exact) mass is 452 g/mol. The normalized spacial score (nSPS) is 19.2. The van der Waals surface area contributed by atoms with Gasteiger partial charge in [0.05, 0.1) is 10.0 Å². The van der Waals surface area contributed by atoms with E-state index >= 15 is 0 Å². The molecule has 0 aliphatic carbocycles. The van der Waals surface area contributed by atoms with Crippen molar-refractivity contribution in [3.05, 3.63) is 40.1 Å². The highest BCUT2D eigenvalue weighted by Gasteiger charge is 2.53. The standard InChI is InChI=1S/C17H16Cl2N7O2S/c1-23-8-20-22-16(23)29-15-21-13-12(14(27)25(3)17(28)24(13)2)26(15)7-9-4-5-10(18)11(19)6-9/h4-6,8,12H,7H2,1-3H3/q+1. The Balaban J connectivity index is 1.78. The third-order valence-electron chi connectivity index (χ3n) is 4.68. The van der Waals surface area contributed by atoms with E-state index in [-0.39, 0.29) is 5.91 Å². The molecule has 1 saturated heterocycles. The lowest BCUT2D eigenvalue weighted by Gasteiger charge is -2.30. The number of hydrogen-bond donors (Lipinski definition) is 0. The Morgan fingerprint density at radius 3 is 2.55 bits per heavy atom. The van der Waals surface area contributed by atoms with Crippen molar-refractivity contribution >= 4 is 57.9 Å². The fraction of sp³-hybridized carbons (Fsp3) is 0.294. The van der Waals surface area contributed by atoms with Crippen molar-refractivity contribution in [2.75, 3.05) is 14.1 Å². The van der Waals surface area contributed by atoms with E-state index in [0.717, 1.165) is 10.5 Å². The maximum absolute atomic E-state index is 13.0. The van der Waals surface area contributed by atoms with E-state index in [1.165, 1.54) is 23.7 Å². The second-order valence-electron chi connectivity index (χ2n) is 6.60. The summed E-state index contributed by atoms with van der Waals surface area (Å²) < 4.78 is 3.58. The lowest BCUT2D eigenvalue weighted by Crippen LogP contribution is -2.61. The SMILES string of the molecule is CN1C(=O)C2C(=NC(Sc3nncn3C)=[N+]2Cc2ccc(Cl)c(Cl)c2)N(C)C1=O. The van der Waals surface area contributed by atoms with Gasteiger partial charge in [-0.15, -0.1) is 10.2 Å². The first-order valence-electron chi connectivity index (χ1n) is 8.51. The number of rotatable bonds is 3. The van der Waals surface area contributed by atoms with E-state index in [9.17, 15) is 9.59 Å². The number of fused-ring (bicyclic) bond motifs is 1. The molecule has 0 spiro atoms. The number of carbonyl (C=O) groups excluding carboxylic acids is 2. The first-order valence-corrected chi connectivity index (χ1v) is 10.1. The van der Waals surface area contributed by atoms with Crippen LogP contribution in [0, 0.1) is 0 Å². The van der Waals surface area contributed by atoms with Crippen LogP contribution in [0.4, 0.5) is 4.79 Å². The molecular weight excluding hydrogens is 437 g/mol. The molecule has 0 saturated carbocycles. The minimum atomic E-state index is -0.729. The molecule has 1 unspecified atom stereocenters. The average molecular weight is 453 g/mol. The Labute approximate surface area is 180 Å². The first-order chi connectivity index (χ1) is 13.8. The third-order valence-corrected chi connectivity index (χ3v) is 6.48. The summed E-state index contributed by atoms with van der Waals surface area (Å²) in [6, 6.07) is 4.13. The predicted octanol–water partition coefficient (Wildman–Crippen LogP) is 2.09. The highest BCUT2D eigenvalue weighted by Crippen LogP contribution is 2.28. The number of urea groups is 1. The van der Waals surface area contributed by atoms with Gasteiger partial charge >= 0.3 is 11.2 Å². The lowest BCUT2D eigenvalue weighted by atomic mass is 10.1. The predicted molar refractivity (Wildman–Crippen MR) is 109 cm³/mol. The largest absolute Gasteiger partial charge is 0.366 e. The number of carbonyl (C=O) groups is 2. The smallest absolute Gasteiger partial charge is 0.311 e. The van der Waals surface area contributed by atoms with Crippen molar-refractivity contribution in [3.63, 3.8) is 0 Å². The lowest BCUT2D eigenvalue weighted by molar-refractivity contribution is -0.548. The van der Waals surface area contributed by atoms with Gasteiger partial charge in [0.1, 0.15) is 12.9 Å². The molecule has 29 heavy (non-hydrogen) atoms. The Hall–Kier alpha value is -2.43. The van der Waals surface area contributed by atoms with E-state index in [4.69, 9.17) is 23.2 Å². The number of amidine groups is 2. The molecule has 4 rings (SSSR count). The number of likely N-dealkylation sites (N-methyl/N-ethyl adjacent to an activating group) is 2. The molecule has 1 aromatic carbocycles. The molecule has 150 valence electrons. The molecule has 1 aromatic heterocycles. The summed E-state index contributed by atoms with van der Waals surface area (Å²) in [5.74, 6) is 0.0308. The summed E-state index contributed by atoms with van der Waals surface area (Å²) in [6.07, 6.45) is 1.58. The molecule has 1 fully saturated rings. The summed E-state index contributed by atoms with van der Waals surface area (Å²) in [4.78, 5) is 32.4. The quantitative estimate of drug-likeness (QED) is 0.665. The zero-order valence-electron chi connectivity index (χ0n) is 15.7. The molecular formula is C17H16Cl2N7O2S+. The fourth-order valence-corrected chi connectivity index (χ4v) is 4.29. The van der Waals surface area contributed by atoms with Crippen LogP contribution in [0.2, 0.25) is 10.0 Å². The number of halogens is 2. The van der Waals surface area contributed by atoms with E-state index < -0.39 is 12.1 Å². The van der Waals surface area contributed by atoms with Crippen LogP contribution in [-0.2, 0) is 18.4 Å². The summed E-state index contributed by atoms with van der Waals surface area (Å²) in [5.41, 5.74) is 0.849. The molecule has 0 bridgehead atoms. The van der Waals surface area contributed by atoms with Crippen molar-refractivity contribution in [2.24, 2.45) is 12.0 Å². The van der Waals surface area contributed by atoms with Gasteiger partial charge < -0.3 is 4.57 Å².